The van der Waals surface area contributed by atoms with E-state index in [9.17, 15) is 9.90 Å². The van der Waals surface area contributed by atoms with Gasteiger partial charge in [-0.25, -0.2) is 4.79 Å². The third-order valence-corrected chi connectivity index (χ3v) is 5.74. The maximum atomic E-state index is 12.6. The molecule has 0 spiro atoms. The van der Waals surface area contributed by atoms with Crippen LogP contribution in [0.3, 0.4) is 0 Å². The van der Waals surface area contributed by atoms with Gasteiger partial charge < -0.3 is 20.1 Å². The Morgan fingerprint density at radius 1 is 1.35 bits per heavy atom. The van der Waals surface area contributed by atoms with Crippen molar-refractivity contribution in [3.8, 4) is 5.75 Å². The number of esters is 1. The van der Waals surface area contributed by atoms with Gasteiger partial charge in [0.05, 0.1) is 22.2 Å². The Kier molecular flexibility index (Phi) is 5.48. The van der Waals surface area contributed by atoms with E-state index >= 15 is 0 Å². The molecule has 7 heteroatoms. The van der Waals surface area contributed by atoms with Crippen LogP contribution in [0.25, 0.3) is 10.9 Å². The molecule has 1 heterocycles. The van der Waals surface area contributed by atoms with Crippen LogP contribution in [0, 0.1) is 0 Å². The number of aromatic nitrogens is 1. The number of hydrogen-bond donors (Lipinski definition) is 2. The minimum Gasteiger partial charge on any atom is -0.507 e. The maximum Gasteiger partial charge on any atom is 0.340 e. The Balaban J connectivity index is 2.08. The Morgan fingerprint density at radius 2 is 2.12 bits per heavy atom. The standard InChI is InChI=1S/C19H19BrN2O3S/c1-3-25-19(24)18-13-8-17(23)14(20)9-15(13)22(2)16(18)10-26-12-6-4-5-11(21)7-12/h4-9,23H,3,10,21H2,1-2H3. The van der Waals surface area contributed by atoms with Gasteiger partial charge in [0.1, 0.15) is 5.75 Å². The molecule has 0 amide bonds. The molecule has 5 nitrogen and oxygen atoms in total. The van der Waals surface area contributed by atoms with Crippen molar-refractivity contribution in [1.82, 2.24) is 4.57 Å². The highest BCUT2D eigenvalue weighted by Gasteiger charge is 2.23. The molecule has 0 radical (unpaired) electrons. The van der Waals surface area contributed by atoms with Crippen molar-refractivity contribution in [2.45, 2.75) is 17.6 Å². The summed E-state index contributed by atoms with van der Waals surface area (Å²) >= 11 is 4.93. The fraction of sp³-hybridized carbons (Fsp3) is 0.211. The SMILES string of the molecule is CCOC(=O)c1c(CSc2cccc(N)c2)n(C)c2cc(Br)c(O)cc12. The summed E-state index contributed by atoms with van der Waals surface area (Å²) in [5.74, 6) is 0.271. The van der Waals surface area contributed by atoms with Gasteiger partial charge in [-0.2, -0.15) is 0 Å². The molecular formula is C19H19BrN2O3S. The van der Waals surface area contributed by atoms with Crippen molar-refractivity contribution in [2.24, 2.45) is 7.05 Å². The number of phenols is 1. The van der Waals surface area contributed by atoms with Gasteiger partial charge in [-0.05, 0) is 53.2 Å². The number of fused-ring (bicyclic) bond motifs is 1. The summed E-state index contributed by atoms with van der Waals surface area (Å²) in [5, 5.41) is 10.7. The van der Waals surface area contributed by atoms with Gasteiger partial charge in [0, 0.05) is 34.5 Å². The zero-order valence-corrected chi connectivity index (χ0v) is 16.9. The van der Waals surface area contributed by atoms with Crippen LogP contribution < -0.4 is 5.73 Å². The van der Waals surface area contributed by atoms with Crippen molar-refractivity contribution in [3.63, 3.8) is 0 Å². The van der Waals surface area contributed by atoms with E-state index in [1.54, 1.807) is 24.8 Å². The zero-order chi connectivity index (χ0) is 18.8. The van der Waals surface area contributed by atoms with Gasteiger partial charge in [0.15, 0.2) is 0 Å². The van der Waals surface area contributed by atoms with Gasteiger partial charge in [0.25, 0.3) is 0 Å². The number of thioether (sulfide) groups is 1. The van der Waals surface area contributed by atoms with E-state index < -0.39 is 0 Å². The van der Waals surface area contributed by atoms with Gasteiger partial charge in [-0.15, -0.1) is 11.8 Å². The smallest absolute Gasteiger partial charge is 0.340 e. The number of ether oxygens (including phenoxy) is 1. The first kappa shape index (κ1) is 18.7. The van der Waals surface area contributed by atoms with Gasteiger partial charge in [0.2, 0.25) is 0 Å². The van der Waals surface area contributed by atoms with E-state index in [4.69, 9.17) is 10.5 Å². The third-order valence-electron chi connectivity index (χ3n) is 4.10. The van der Waals surface area contributed by atoms with Crippen LogP contribution in [-0.4, -0.2) is 22.2 Å². The summed E-state index contributed by atoms with van der Waals surface area (Å²) in [6, 6.07) is 11.0. The fourth-order valence-corrected chi connectivity index (χ4v) is 4.22. The number of rotatable bonds is 5. The van der Waals surface area contributed by atoms with Crippen LogP contribution in [0.15, 0.2) is 45.8 Å². The Labute approximate surface area is 164 Å². The number of anilines is 1. The van der Waals surface area contributed by atoms with E-state index in [2.05, 4.69) is 15.9 Å². The van der Waals surface area contributed by atoms with E-state index in [1.165, 1.54) is 0 Å². The first-order valence-corrected chi connectivity index (χ1v) is 9.85. The highest BCUT2D eigenvalue weighted by molar-refractivity contribution is 9.10. The molecule has 0 unspecified atom stereocenters. The molecule has 3 N–H and O–H groups in total. The summed E-state index contributed by atoms with van der Waals surface area (Å²) in [4.78, 5) is 13.6. The minimum absolute atomic E-state index is 0.0867. The average molecular weight is 435 g/mol. The van der Waals surface area contributed by atoms with Crippen LogP contribution in [0.1, 0.15) is 23.0 Å². The molecule has 3 rings (SSSR count). The molecule has 0 saturated carbocycles. The molecular weight excluding hydrogens is 416 g/mol. The zero-order valence-electron chi connectivity index (χ0n) is 14.5. The molecule has 3 aromatic rings. The Morgan fingerprint density at radius 3 is 2.81 bits per heavy atom. The van der Waals surface area contributed by atoms with Crippen molar-refractivity contribution in [2.75, 3.05) is 12.3 Å². The molecule has 0 fully saturated rings. The normalized spacial score (nSPS) is 11.0. The van der Waals surface area contributed by atoms with Crippen LogP contribution in [-0.2, 0) is 17.5 Å². The summed E-state index contributed by atoms with van der Waals surface area (Å²) < 4.78 is 7.80. The van der Waals surface area contributed by atoms with Crippen LogP contribution in [0.2, 0.25) is 0 Å². The molecule has 0 saturated heterocycles. The second kappa shape index (κ2) is 7.63. The van der Waals surface area contributed by atoms with Crippen molar-refractivity contribution in [3.05, 3.63) is 52.1 Å². The quantitative estimate of drug-likeness (QED) is 0.345. The van der Waals surface area contributed by atoms with E-state index in [0.717, 1.165) is 16.1 Å². The average Bonchev–Trinajstić information content (AvgIpc) is 2.86. The number of phenolic OH excluding ortho intramolecular Hbond substituents is 1. The number of nitrogen functional groups attached to an aromatic ring is 1. The van der Waals surface area contributed by atoms with E-state index in [-0.39, 0.29) is 11.7 Å². The maximum absolute atomic E-state index is 12.6. The number of carbonyl (C=O) groups excluding carboxylic acids is 1. The van der Waals surface area contributed by atoms with Gasteiger partial charge in [-0.3, -0.25) is 0 Å². The summed E-state index contributed by atoms with van der Waals surface area (Å²) in [5.41, 5.74) is 8.72. The summed E-state index contributed by atoms with van der Waals surface area (Å²) in [6.07, 6.45) is 0. The number of benzene rings is 2. The lowest BCUT2D eigenvalue weighted by molar-refractivity contribution is 0.0527. The fourth-order valence-electron chi connectivity index (χ4n) is 2.85. The molecule has 0 aliphatic rings. The van der Waals surface area contributed by atoms with Crippen LogP contribution in [0.5, 0.6) is 5.75 Å². The second-order valence-corrected chi connectivity index (χ2v) is 7.69. The largest absolute Gasteiger partial charge is 0.507 e. The Hall–Kier alpha value is -2.12. The topological polar surface area (TPSA) is 77.5 Å². The summed E-state index contributed by atoms with van der Waals surface area (Å²) in [6.45, 7) is 2.07. The van der Waals surface area contributed by atoms with Crippen molar-refractivity contribution >= 4 is 50.3 Å². The van der Waals surface area contributed by atoms with E-state index in [1.807, 2.05) is 41.9 Å². The number of hydrogen-bond acceptors (Lipinski definition) is 5. The first-order chi connectivity index (χ1) is 12.4. The van der Waals surface area contributed by atoms with Crippen molar-refractivity contribution in [1.29, 1.82) is 0 Å². The lowest BCUT2D eigenvalue weighted by Gasteiger charge is -2.08. The molecule has 0 atom stereocenters. The molecule has 1 aromatic heterocycles. The lowest BCUT2D eigenvalue weighted by atomic mass is 10.1. The number of nitrogens with two attached hydrogens (primary N) is 1. The predicted octanol–water partition coefficient (Wildman–Crippen LogP) is 4.70. The highest BCUT2D eigenvalue weighted by atomic mass is 79.9. The first-order valence-electron chi connectivity index (χ1n) is 8.07. The Bertz CT molecular complexity index is 985. The van der Waals surface area contributed by atoms with Crippen LogP contribution in [0.4, 0.5) is 5.69 Å². The number of nitrogens with zero attached hydrogens (tertiary/aromatic N) is 1. The van der Waals surface area contributed by atoms with E-state index in [0.29, 0.717) is 33.5 Å². The molecule has 0 aliphatic carbocycles. The van der Waals surface area contributed by atoms with Crippen molar-refractivity contribution < 1.29 is 14.6 Å². The molecule has 2 aromatic carbocycles. The molecule has 136 valence electrons. The number of aromatic hydroxyl groups is 1. The monoisotopic (exact) mass is 434 g/mol. The molecule has 26 heavy (non-hydrogen) atoms. The number of carbonyl (C=O) groups is 1. The molecule has 0 bridgehead atoms. The molecule has 0 aliphatic heterocycles. The number of aryl methyl sites for hydroxylation is 1. The lowest BCUT2D eigenvalue weighted by Crippen LogP contribution is -2.08. The predicted molar refractivity (Wildman–Crippen MR) is 109 cm³/mol. The number of halogens is 1. The van der Waals surface area contributed by atoms with Gasteiger partial charge >= 0.3 is 5.97 Å². The second-order valence-electron chi connectivity index (χ2n) is 5.78. The highest BCUT2D eigenvalue weighted by Crippen LogP contribution is 2.36. The minimum atomic E-state index is -0.386. The third kappa shape index (κ3) is 3.54. The van der Waals surface area contributed by atoms with Crippen LogP contribution >= 0.6 is 27.7 Å². The van der Waals surface area contributed by atoms with Gasteiger partial charge in [-0.1, -0.05) is 6.07 Å². The summed E-state index contributed by atoms with van der Waals surface area (Å²) in [7, 11) is 1.91.